The summed E-state index contributed by atoms with van der Waals surface area (Å²) in [6.07, 6.45) is 6.48. The second kappa shape index (κ2) is 7.65. The van der Waals surface area contributed by atoms with Crippen molar-refractivity contribution in [2.45, 2.75) is 51.7 Å². The summed E-state index contributed by atoms with van der Waals surface area (Å²) in [6, 6.07) is 4.30. The molecule has 4 heteroatoms. The lowest BCUT2D eigenvalue weighted by molar-refractivity contribution is 0.207. The van der Waals surface area contributed by atoms with Gasteiger partial charge in [-0.3, -0.25) is 0 Å². The van der Waals surface area contributed by atoms with Gasteiger partial charge >= 0.3 is 0 Å². The zero-order valence-electron chi connectivity index (χ0n) is 11.3. The van der Waals surface area contributed by atoms with Crippen LogP contribution in [-0.4, -0.2) is 12.6 Å². The van der Waals surface area contributed by atoms with Gasteiger partial charge in [0.1, 0.15) is 5.75 Å². The summed E-state index contributed by atoms with van der Waals surface area (Å²) < 4.78 is 8.19. The second-order valence-electron chi connectivity index (χ2n) is 5.09. The highest BCUT2D eigenvalue weighted by Crippen LogP contribution is 2.37. The normalized spacial score (nSPS) is 15.9. The fraction of sp³-hybridized carbons (Fsp3) is 0.600. The lowest BCUT2D eigenvalue weighted by Gasteiger charge is -2.17. The van der Waals surface area contributed by atoms with E-state index in [0.717, 1.165) is 34.2 Å². The highest BCUT2D eigenvalue weighted by Gasteiger charge is 2.19. The van der Waals surface area contributed by atoms with Crippen LogP contribution < -0.4 is 10.1 Å². The van der Waals surface area contributed by atoms with E-state index in [0.29, 0.717) is 6.10 Å². The van der Waals surface area contributed by atoms with Gasteiger partial charge in [-0.1, -0.05) is 6.92 Å². The lowest BCUT2D eigenvalue weighted by atomic mass is 10.2. The molecule has 1 aliphatic rings. The van der Waals surface area contributed by atoms with E-state index in [1.54, 1.807) is 0 Å². The Morgan fingerprint density at radius 1 is 1.21 bits per heavy atom. The summed E-state index contributed by atoms with van der Waals surface area (Å²) in [5.74, 6) is 0.950. The molecule has 1 saturated carbocycles. The molecule has 2 rings (SSSR count). The molecule has 2 nitrogen and oxygen atoms in total. The standard InChI is InChI=1S/C15H21Br2NO/c1-2-7-18-10-11-8-13(16)15(14(17)9-11)19-12-5-3-4-6-12/h8-9,12,18H,2-7,10H2,1H3. The number of halogens is 2. The smallest absolute Gasteiger partial charge is 0.148 e. The van der Waals surface area contributed by atoms with Gasteiger partial charge in [0.2, 0.25) is 0 Å². The molecular formula is C15H21Br2NO. The summed E-state index contributed by atoms with van der Waals surface area (Å²) in [5, 5.41) is 3.42. The van der Waals surface area contributed by atoms with Crippen LogP contribution in [0.4, 0.5) is 0 Å². The molecule has 19 heavy (non-hydrogen) atoms. The highest BCUT2D eigenvalue weighted by molar-refractivity contribution is 9.11. The molecule has 106 valence electrons. The second-order valence-corrected chi connectivity index (χ2v) is 6.80. The summed E-state index contributed by atoms with van der Waals surface area (Å²) in [4.78, 5) is 0. The first-order chi connectivity index (χ1) is 9.20. The molecule has 1 aromatic carbocycles. The van der Waals surface area contributed by atoms with Gasteiger partial charge in [-0.25, -0.2) is 0 Å². The van der Waals surface area contributed by atoms with E-state index in [1.807, 2.05) is 0 Å². The van der Waals surface area contributed by atoms with E-state index < -0.39 is 0 Å². The fourth-order valence-electron chi connectivity index (χ4n) is 2.41. The molecule has 1 aliphatic carbocycles. The van der Waals surface area contributed by atoms with Crippen molar-refractivity contribution in [3.8, 4) is 5.75 Å². The molecule has 0 aliphatic heterocycles. The van der Waals surface area contributed by atoms with Crippen LogP contribution in [0.3, 0.4) is 0 Å². The third kappa shape index (κ3) is 4.47. The van der Waals surface area contributed by atoms with Crippen molar-refractivity contribution < 1.29 is 4.74 Å². The van der Waals surface area contributed by atoms with E-state index in [4.69, 9.17) is 4.74 Å². The van der Waals surface area contributed by atoms with E-state index in [2.05, 4.69) is 56.2 Å². The first-order valence-corrected chi connectivity index (χ1v) is 8.64. The van der Waals surface area contributed by atoms with E-state index >= 15 is 0 Å². The van der Waals surface area contributed by atoms with Gasteiger partial charge in [0, 0.05) is 6.54 Å². The van der Waals surface area contributed by atoms with Gasteiger partial charge in [-0.15, -0.1) is 0 Å². The number of benzene rings is 1. The van der Waals surface area contributed by atoms with Gasteiger partial charge in [0.05, 0.1) is 15.0 Å². The Balaban J connectivity index is 2.03. The van der Waals surface area contributed by atoms with Gasteiger partial charge in [0.15, 0.2) is 0 Å². The van der Waals surface area contributed by atoms with Crippen molar-refractivity contribution in [1.82, 2.24) is 5.32 Å². The molecular weight excluding hydrogens is 370 g/mol. The maximum atomic E-state index is 6.10. The summed E-state index contributed by atoms with van der Waals surface area (Å²) >= 11 is 7.26. The van der Waals surface area contributed by atoms with Crippen LogP contribution >= 0.6 is 31.9 Å². The number of nitrogens with one attached hydrogen (secondary N) is 1. The van der Waals surface area contributed by atoms with E-state index in [1.165, 1.54) is 31.2 Å². The average molecular weight is 391 g/mol. The van der Waals surface area contributed by atoms with Crippen molar-refractivity contribution >= 4 is 31.9 Å². The molecule has 1 fully saturated rings. The molecule has 0 saturated heterocycles. The molecule has 0 heterocycles. The van der Waals surface area contributed by atoms with E-state index in [-0.39, 0.29) is 0 Å². The largest absolute Gasteiger partial charge is 0.488 e. The highest BCUT2D eigenvalue weighted by atomic mass is 79.9. The monoisotopic (exact) mass is 389 g/mol. The van der Waals surface area contributed by atoms with Crippen LogP contribution in [0.25, 0.3) is 0 Å². The summed E-state index contributed by atoms with van der Waals surface area (Å²) in [6.45, 7) is 4.13. The summed E-state index contributed by atoms with van der Waals surface area (Å²) in [7, 11) is 0. The number of ether oxygens (including phenoxy) is 1. The van der Waals surface area contributed by atoms with Crippen LogP contribution in [0.5, 0.6) is 5.75 Å². The number of hydrogen-bond acceptors (Lipinski definition) is 2. The van der Waals surface area contributed by atoms with Crippen molar-refractivity contribution in [3.05, 3.63) is 26.6 Å². The Morgan fingerprint density at radius 3 is 2.42 bits per heavy atom. The Morgan fingerprint density at radius 2 is 1.84 bits per heavy atom. The van der Waals surface area contributed by atoms with Crippen LogP contribution in [0.15, 0.2) is 21.1 Å². The Kier molecular flexibility index (Phi) is 6.17. The van der Waals surface area contributed by atoms with Crippen molar-refractivity contribution in [2.24, 2.45) is 0 Å². The maximum absolute atomic E-state index is 6.10. The van der Waals surface area contributed by atoms with Gasteiger partial charge in [0.25, 0.3) is 0 Å². The third-order valence-corrected chi connectivity index (χ3v) is 4.58. The summed E-state index contributed by atoms with van der Waals surface area (Å²) in [5.41, 5.74) is 1.27. The first-order valence-electron chi connectivity index (χ1n) is 7.06. The molecule has 1 N–H and O–H groups in total. The predicted octanol–water partition coefficient (Wildman–Crippen LogP) is 5.03. The minimum atomic E-state index is 0.386. The average Bonchev–Trinajstić information content (AvgIpc) is 2.87. The molecule has 0 radical (unpaired) electrons. The van der Waals surface area contributed by atoms with Crippen LogP contribution in [0.2, 0.25) is 0 Å². The SMILES string of the molecule is CCCNCc1cc(Br)c(OC2CCCC2)c(Br)c1. The lowest BCUT2D eigenvalue weighted by Crippen LogP contribution is -2.14. The molecule has 1 aromatic rings. The fourth-order valence-corrected chi connectivity index (χ4v) is 3.88. The van der Waals surface area contributed by atoms with E-state index in [9.17, 15) is 0 Å². The van der Waals surface area contributed by atoms with Gasteiger partial charge in [-0.05, 0) is 88.2 Å². The zero-order valence-corrected chi connectivity index (χ0v) is 14.5. The van der Waals surface area contributed by atoms with Crippen molar-refractivity contribution in [2.75, 3.05) is 6.54 Å². The Labute approximate surface area is 132 Å². The molecule has 0 bridgehead atoms. The molecule has 0 spiro atoms. The number of rotatable bonds is 6. The minimum absolute atomic E-state index is 0.386. The first kappa shape index (κ1) is 15.3. The van der Waals surface area contributed by atoms with Crippen molar-refractivity contribution in [1.29, 1.82) is 0 Å². The zero-order chi connectivity index (χ0) is 13.7. The van der Waals surface area contributed by atoms with Gasteiger partial charge in [-0.2, -0.15) is 0 Å². The van der Waals surface area contributed by atoms with Crippen LogP contribution in [-0.2, 0) is 6.54 Å². The maximum Gasteiger partial charge on any atom is 0.148 e. The molecule has 0 aromatic heterocycles. The van der Waals surface area contributed by atoms with Crippen LogP contribution in [0.1, 0.15) is 44.6 Å². The predicted molar refractivity (Wildman–Crippen MR) is 86.7 cm³/mol. The Bertz CT molecular complexity index is 394. The van der Waals surface area contributed by atoms with Crippen LogP contribution in [0, 0.1) is 0 Å². The number of hydrogen-bond donors (Lipinski definition) is 1. The molecule has 0 amide bonds. The third-order valence-electron chi connectivity index (χ3n) is 3.40. The quantitative estimate of drug-likeness (QED) is 0.687. The Hall–Kier alpha value is -0.0600. The molecule has 0 atom stereocenters. The van der Waals surface area contributed by atoms with Crippen molar-refractivity contribution in [3.63, 3.8) is 0 Å². The van der Waals surface area contributed by atoms with Gasteiger partial charge < -0.3 is 10.1 Å². The molecule has 0 unspecified atom stereocenters. The minimum Gasteiger partial charge on any atom is -0.488 e. The topological polar surface area (TPSA) is 21.3 Å².